The molecule has 1 heterocycles. The van der Waals surface area contributed by atoms with E-state index in [4.69, 9.17) is 0 Å². The van der Waals surface area contributed by atoms with Crippen LogP contribution in [0, 0.1) is 11.8 Å². The van der Waals surface area contributed by atoms with Crippen LogP contribution in [0.15, 0.2) is 12.2 Å². The van der Waals surface area contributed by atoms with Gasteiger partial charge in [0, 0.05) is 12.6 Å². The van der Waals surface area contributed by atoms with Crippen molar-refractivity contribution in [2.24, 2.45) is 11.8 Å². The molecule has 0 spiro atoms. The summed E-state index contributed by atoms with van der Waals surface area (Å²) in [6.45, 7) is 5.68. The predicted molar refractivity (Wildman–Crippen MR) is 51.1 cm³/mol. The largest absolute Gasteiger partial charge is 0.316 e. The molecule has 1 fully saturated rings. The van der Waals surface area contributed by atoms with E-state index in [1.807, 2.05) is 0 Å². The van der Waals surface area contributed by atoms with Crippen molar-refractivity contribution in [3.05, 3.63) is 12.2 Å². The van der Waals surface area contributed by atoms with E-state index in [0.29, 0.717) is 6.04 Å². The summed E-state index contributed by atoms with van der Waals surface area (Å²) in [5, 5.41) is 7.00. The highest BCUT2D eigenvalue weighted by Gasteiger charge is 2.33. The molecular weight excluding hydrogens is 148 g/mol. The van der Waals surface area contributed by atoms with Gasteiger partial charge in [0.05, 0.1) is 0 Å². The summed E-state index contributed by atoms with van der Waals surface area (Å²) >= 11 is 0. The Morgan fingerprint density at radius 3 is 3.25 bits per heavy atom. The summed E-state index contributed by atoms with van der Waals surface area (Å²) in [6.07, 6.45) is 5.96. The SMILES string of the molecule is CCNC1C=CCC2CNCC21. The van der Waals surface area contributed by atoms with Crippen LogP contribution in [0.3, 0.4) is 0 Å². The molecule has 0 aromatic heterocycles. The summed E-state index contributed by atoms with van der Waals surface area (Å²) in [5.41, 5.74) is 0. The van der Waals surface area contributed by atoms with Crippen LogP contribution < -0.4 is 10.6 Å². The van der Waals surface area contributed by atoms with Gasteiger partial charge in [-0.2, -0.15) is 0 Å². The smallest absolute Gasteiger partial charge is 0.0293 e. The van der Waals surface area contributed by atoms with Gasteiger partial charge in [-0.1, -0.05) is 19.1 Å². The van der Waals surface area contributed by atoms with Crippen LogP contribution in [0.1, 0.15) is 13.3 Å². The molecule has 1 saturated heterocycles. The topological polar surface area (TPSA) is 24.1 Å². The van der Waals surface area contributed by atoms with Gasteiger partial charge in [0.15, 0.2) is 0 Å². The zero-order chi connectivity index (χ0) is 8.39. The summed E-state index contributed by atoms with van der Waals surface area (Å²) in [5.74, 6) is 1.73. The number of hydrogen-bond donors (Lipinski definition) is 2. The molecule has 0 bridgehead atoms. The van der Waals surface area contributed by atoms with Crippen molar-refractivity contribution in [3.8, 4) is 0 Å². The van der Waals surface area contributed by atoms with E-state index in [-0.39, 0.29) is 0 Å². The lowest BCUT2D eigenvalue weighted by Gasteiger charge is -2.29. The molecule has 0 saturated carbocycles. The fourth-order valence-electron chi connectivity index (χ4n) is 2.43. The molecule has 2 N–H and O–H groups in total. The van der Waals surface area contributed by atoms with Crippen LogP contribution in [0.2, 0.25) is 0 Å². The molecule has 2 rings (SSSR count). The first-order chi connectivity index (χ1) is 5.92. The minimum Gasteiger partial charge on any atom is -0.316 e. The van der Waals surface area contributed by atoms with E-state index in [1.165, 1.54) is 19.5 Å². The summed E-state index contributed by atoms with van der Waals surface area (Å²) in [6, 6.07) is 0.628. The minimum atomic E-state index is 0.628. The Kier molecular flexibility index (Phi) is 2.47. The second-order valence-corrected chi connectivity index (χ2v) is 3.83. The predicted octanol–water partition coefficient (Wildman–Crippen LogP) is 0.760. The number of fused-ring (bicyclic) bond motifs is 1. The lowest BCUT2D eigenvalue weighted by Crippen LogP contribution is -2.39. The Morgan fingerprint density at radius 1 is 1.50 bits per heavy atom. The molecule has 0 aromatic rings. The Hall–Kier alpha value is -0.340. The highest BCUT2D eigenvalue weighted by atomic mass is 15.0. The third kappa shape index (κ3) is 1.41. The third-order valence-corrected chi connectivity index (χ3v) is 3.08. The summed E-state index contributed by atoms with van der Waals surface area (Å²) in [4.78, 5) is 0. The molecule has 3 unspecified atom stereocenters. The maximum atomic E-state index is 3.53. The third-order valence-electron chi connectivity index (χ3n) is 3.08. The van der Waals surface area contributed by atoms with Gasteiger partial charge in [0.2, 0.25) is 0 Å². The van der Waals surface area contributed by atoms with Crippen molar-refractivity contribution in [2.45, 2.75) is 19.4 Å². The first-order valence-electron chi connectivity index (χ1n) is 5.02. The Labute approximate surface area is 74.4 Å². The maximum absolute atomic E-state index is 3.53. The van der Waals surface area contributed by atoms with Gasteiger partial charge < -0.3 is 10.6 Å². The van der Waals surface area contributed by atoms with Crippen LogP contribution in [-0.2, 0) is 0 Å². The van der Waals surface area contributed by atoms with Crippen molar-refractivity contribution in [1.29, 1.82) is 0 Å². The normalized spacial score (nSPS) is 39.9. The molecular formula is C10H18N2. The van der Waals surface area contributed by atoms with Crippen molar-refractivity contribution in [2.75, 3.05) is 19.6 Å². The fourth-order valence-corrected chi connectivity index (χ4v) is 2.43. The molecule has 2 heteroatoms. The number of allylic oxidation sites excluding steroid dienone is 1. The lowest BCUT2D eigenvalue weighted by molar-refractivity contribution is 0.332. The molecule has 1 aliphatic carbocycles. The monoisotopic (exact) mass is 166 g/mol. The van der Waals surface area contributed by atoms with Gasteiger partial charge in [-0.25, -0.2) is 0 Å². The molecule has 0 aromatic carbocycles. The van der Waals surface area contributed by atoms with Gasteiger partial charge >= 0.3 is 0 Å². The summed E-state index contributed by atoms with van der Waals surface area (Å²) in [7, 11) is 0. The highest BCUT2D eigenvalue weighted by Crippen LogP contribution is 2.28. The quantitative estimate of drug-likeness (QED) is 0.592. The van der Waals surface area contributed by atoms with E-state index in [2.05, 4.69) is 29.7 Å². The van der Waals surface area contributed by atoms with E-state index in [9.17, 15) is 0 Å². The Balaban J connectivity index is 2.02. The first-order valence-corrected chi connectivity index (χ1v) is 5.02. The van der Waals surface area contributed by atoms with Gasteiger partial charge in [0.25, 0.3) is 0 Å². The van der Waals surface area contributed by atoms with E-state index < -0.39 is 0 Å². The van der Waals surface area contributed by atoms with Crippen LogP contribution in [0.25, 0.3) is 0 Å². The molecule has 2 nitrogen and oxygen atoms in total. The maximum Gasteiger partial charge on any atom is 0.0293 e. The van der Waals surface area contributed by atoms with Gasteiger partial charge in [-0.3, -0.25) is 0 Å². The van der Waals surface area contributed by atoms with E-state index in [0.717, 1.165) is 18.4 Å². The van der Waals surface area contributed by atoms with Crippen molar-refractivity contribution >= 4 is 0 Å². The first kappa shape index (κ1) is 8.27. The molecule has 1 aliphatic heterocycles. The number of rotatable bonds is 2. The molecule has 0 radical (unpaired) electrons. The molecule has 3 atom stereocenters. The Bertz CT molecular complexity index is 177. The zero-order valence-corrected chi connectivity index (χ0v) is 7.72. The van der Waals surface area contributed by atoms with E-state index >= 15 is 0 Å². The lowest BCUT2D eigenvalue weighted by atomic mass is 9.82. The Morgan fingerprint density at radius 2 is 2.42 bits per heavy atom. The van der Waals surface area contributed by atoms with Gasteiger partial charge in [-0.05, 0) is 31.3 Å². The average molecular weight is 166 g/mol. The van der Waals surface area contributed by atoms with Crippen molar-refractivity contribution < 1.29 is 0 Å². The highest BCUT2D eigenvalue weighted by molar-refractivity contribution is 5.07. The van der Waals surface area contributed by atoms with E-state index in [1.54, 1.807) is 0 Å². The number of hydrogen-bond acceptors (Lipinski definition) is 2. The second kappa shape index (κ2) is 3.58. The van der Waals surface area contributed by atoms with Gasteiger partial charge in [0.1, 0.15) is 0 Å². The second-order valence-electron chi connectivity index (χ2n) is 3.83. The molecule has 0 amide bonds. The van der Waals surface area contributed by atoms with Crippen LogP contribution >= 0.6 is 0 Å². The summed E-state index contributed by atoms with van der Waals surface area (Å²) < 4.78 is 0. The fraction of sp³-hybridized carbons (Fsp3) is 0.800. The average Bonchev–Trinajstić information content (AvgIpc) is 2.53. The minimum absolute atomic E-state index is 0.628. The van der Waals surface area contributed by atoms with Crippen LogP contribution in [0.4, 0.5) is 0 Å². The standard InChI is InChI=1S/C10H18N2/c1-2-12-10-5-3-4-8-6-11-7-9(8)10/h3,5,8-12H,2,4,6-7H2,1H3. The number of likely N-dealkylation sites (N-methyl/N-ethyl adjacent to an activating group) is 1. The molecule has 2 aliphatic rings. The molecule has 12 heavy (non-hydrogen) atoms. The van der Waals surface area contributed by atoms with Crippen LogP contribution in [0.5, 0.6) is 0 Å². The molecule has 68 valence electrons. The van der Waals surface area contributed by atoms with Crippen molar-refractivity contribution in [3.63, 3.8) is 0 Å². The number of nitrogens with one attached hydrogen (secondary N) is 2. The van der Waals surface area contributed by atoms with Crippen molar-refractivity contribution in [1.82, 2.24) is 10.6 Å². The zero-order valence-electron chi connectivity index (χ0n) is 7.72. The van der Waals surface area contributed by atoms with Gasteiger partial charge in [-0.15, -0.1) is 0 Å². The van der Waals surface area contributed by atoms with Crippen LogP contribution in [-0.4, -0.2) is 25.7 Å².